The third-order valence-electron chi connectivity index (χ3n) is 11.2. The van der Waals surface area contributed by atoms with Crippen molar-refractivity contribution in [1.82, 2.24) is 9.55 Å². The number of hydrogen-bond acceptors (Lipinski definition) is 9. The minimum atomic E-state index is -4.33. The van der Waals surface area contributed by atoms with E-state index in [-0.39, 0.29) is 55.2 Å². The molecule has 0 unspecified atom stereocenters. The first-order valence-corrected chi connectivity index (χ1v) is 25.3. The van der Waals surface area contributed by atoms with Gasteiger partial charge in [-0.25, -0.2) is 18.4 Å². The molecule has 0 spiro atoms. The van der Waals surface area contributed by atoms with E-state index in [1.165, 1.54) is 61.3 Å². The van der Waals surface area contributed by atoms with Gasteiger partial charge in [0.05, 0.1) is 61.9 Å². The smallest absolute Gasteiger partial charge is 0.278 e. The quantitative estimate of drug-likeness (QED) is 0.0308. The fraction of sp³-hybridized carbons (Fsp3) is 0.333. The van der Waals surface area contributed by atoms with Crippen molar-refractivity contribution in [2.45, 2.75) is 89.9 Å². The van der Waals surface area contributed by atoms with Crippen molar-refractivity contribution in [3.8, 4) is 11.4 Å². The van der Waals surface area contributed by atoms with E-state index in [2.05, 4.69) is 17.0 Å². The highest BCUT2D eigenvalue weighted by Gasteiger charge is 2.26. The number of para-hydroxylation sites is 2. The third-order valence-corrected chi connectivity index (χ3v) is 13.8. The molecule has 16 heteroatoms. The van der Waals surface area contributed by atoms with E-state index in [0.717, 1.165) is 37.4 Å². The SMILES string of the molecule is CCCCCCCCCCCCOc1ccc(NS(=O)(=O)c2cc(Cl)c(Cl)cc2Cl)cc1NC(=O)/C(=N\c1ccc(N(CC)CCO)cc1C)c1nc2ccccc2c(=O)n1-c1ccccc1. The van der Waals surface area contributed by atoms with Crippen molar-refractivity contribution in [2.24, 2.45) is 4.99 Å². The normalized spacial score (nSPS) is 11.8. The Hall–Kier alpha value is -5.44. The summed E-state index contributed by atoms with van der Waals surface area (Å²) in [7, 11) is -4.33. The fourth-order valence-electron chi connectivity index (χ4n) is 7.67. The molecule has 6 rings (SSSR count). The van der Waals surface area contributed by atoms with Crippen molar-refractivity contribution in [2.75, 3.05) is 41.2 Å². The lowest BCUT2D eigenvalue weighted by Gasteiger charge is -2.23. The summed E-state index contributed by atoms with van der Waals surface area (Å²) in [5, 5.41) is 12.9. The molecule has 1 aromatic heterocycles. The zero-order valence-corrected chi connectivity index (χ0v) is 41.1. The summed E-state index contributed by atoms with van der Waals surface area (Å²) in [6, 6.07) is 28.2. The van der Waals surface area contributed by atoms with Gasteiger partial charge in [-0.2, -0.15) is 0 Å². The van der Waals surface area contributed by atoms with Crippen LogP contribution in [0, 0.1) is 6.92 Å². The van der Waals surface area contributed by atoms with E-state index in [1.807, 2.05) is 36.9 Å². The molecule has 0 radical (unpaired) electrons. The largest absolute Gasteiger partial charge is 0.491 e. The predicted molar refractivity (Wildman–Crippen MR) is 274 cm³/mol. The van der Waals surface area contributed by atoms with Crippen LogP contribution in [0.15, 0.2) is 118 Å². The number of hydrogen-bond donors (Lipinski definition) is 3. The van der Waals surface area contributed by atoms with Crippen LogP contribution in [0.3, 0.4) is 0 Å². The number of anilines is 3. The molecule has 0 aliphatic carbocycles. The number of benzene rings is 5. The first-order valence-electron chi connectivity index (χ1n) is 22.7. The van der Waals surface area contributed by atoms with Crippen LogP contribution in [-0.2, 0) is 14.8 Å². The van der Waals surface area contributed by atoms with Gasteiger partial charge < -0.3 is 20.1 Å². The summed E-state index contributed by atoms with van der Waals surface area (Å²) >= 11 is 18.6. The van der Waals surface area contributed by atoms with E-state index < -0.39 is 21.5 Å². The number of aliphatic hydroxyl groups is 1. The number of rotatable bonds is 24. The summed E-state index contributed by atoms with van der Waals surface area (Å²) in [5.74, 6) is -0.525. The average Bonchev–Trinajstić information content (AvgIpc) is 3.31. The minimum absolute atomic E-state index is 0.00376. The van der Waals surface area contributed by atoms with Crippen molar-refractivity contribution in [3.05, 3.63) is 140 Å². The number of aliphatic hydroxyl groups excluding tert-OH is 1. The molecule has 1 amide bonds. The molecule has 12 nitrogen and oxygen atoms in total. The number of aliphatic imine (C=N–C) groups is 1. The lowest BCUT2D eigenvalue weighted by Crippen LogP contribution is -2.33. The van der Waals surface area contributed by atoms with Crippen molar-refractivity contribution in [3.63, 3.8) is 0 Å². The molecule has 3 N–H and O–H groups in total. The van der Waals surface area contributed by atoms with Gasteiger partial charge in [0.1, 0.15) is 10.6 Å². The summed E-state index contributed by atoms with van der Waals surface area (Å²) in [6.45, 7) is 7.45. The monoisotopic (exact) mass is 986 g/mol. The van der Waals surface area contributed by atoms with Crippen molar-refractivity contribution < 1.29 is 23.1 Å². The van der Waals surface area contributed by atoms with Crippen molar-refractivity contribution in [1.29, 1.82) is 0 Å². The molecular weight excluding hydrogens is 931 g/mol. The number of sulfonamides is 1. The van der Waals surface area contributed by atoms with E-state index in [4.69, 9.17) is 49.5 Å². The number of ether oxygens (including phenoxy) is 1. The number of halogens is 3. The van der Waals surface area contributed by atoms with Crippen LogP contribution in [-0.4, -0.2) is 61.0 Å². The number of unbranched alkanes of at least 4 members (excludes halogenated alkanes) is 9. The summed E-state index contributed by atoms with van der Waals surface area (Å²) < 4.78 is 37.7. The summed E-state index contributed by atoms with van der Waals surface area (Å²) in [4.78, 5) is 41.2. The molecule has 0 saturated carbocycles. The fourth-order valence-corrected chi connectivity index (χ4v) is 9.73. The van der Waals surface area contributed by atoms with Gasteiger partial charge >= 0.3 is 0 Å². The number of carbonyl (C=O) groups is 1. The van der Waals surface area contributed by atoms with Crippen LogP contribution in [0.5, 0.6) is 5.75 Å². The van der Waals surface area contributed by atoms with Gasteiger partial charge in [-0.15, -0.1) is 0 Å². The van der Waals surface area contributed by atoms with Crippen LogP contribution in [0.25, 0.3) is 16.6 Å². The maximum absolute atomic E-state index is 15.1. The van der Waals surface area contributed by atoms with E-state index in [9.17, 15) is 18.3 Å². The Kier molecular flexibility index (Phi) is 18.7. The van der Waals surface area contributed by atoms with E-state index >= 15 is 4.79 Å². The number of nitrogens with zero attached hydrogens (tertiary/aromatic N) is 4. The zero-order chi connectivity index (χ0) is 47.9. The van der Waals surface area contributed by atoms with Crippen molar-refractivity contribution >= 4 is 90.1 Å². The number of fused-ring (bicyclic) bond motifs is 1. The third kappa shape index (κ3) is 13.4. The van der Waals surface area contributed by atoms with Gasteiger partial charge in [0, 0.05) is 18.8 Å². The van der Waals surface area contributed by atoms with Gasteiger partial charge in [-0.05, 0) is 98.6 Å². The highest BCUT2D eigenvalue weighted by Crippen LogP contribution is 2.35. The predicted octanol–water partition coefficient (Wildman–Crippen LogP) is 12.3. The number of amides is 1. The first-order chi connectivity index (χ1) is 32.3. The summed E-state index contributed by atoms with van der Waals surface area (Å²) in [5.41, 5.74) is 2.36. The van der Waals surface area contributed by atoms with Gasteiger partial charge in [0.15, 0.2) is 11.5 Å². The molecule has 0 aliphatic rings. The zero-order valence-electron chi connectivity index (χ0n) is 38.0. The standard InChI is InChI=1S/C51H57Cl3N6O6S/c1-4-6-7-8-9-10-11-12-13-19-30-66-46-27-24-36(58-67(64,65)47-34-41(53)40(52)33-42(47)54)32-45(46)57-50(62)48(55-43-26-25-38(31-35(43)3)59(5-2)28-29-61)49-56-44-23-18-17-22-39(44)51(63)60(49)37-20-15-14-16-21-37/h14-18,20-27,31-34,58,61H,4-13,19,28-30H2,1-3H3,(H,57,62)/b55-48-. The van der Waals surface area contributed by atoms with Crippen LogP contribution in [0.4, 0.5) is 22.7 Å². The second-order valence-corrected chi connectivity index (χ2v) is 19.0. The second kappa shape index (κ2) is 24.5. The molecule has 0 fully saturated rings. The molecule has 0 atom stereocenters. The Morgan fingerprint density at radius 1 is 0.806 bits per heavy atom. The molecule has 0 aliphatic heterocycles. The highest BCUT2D eigenvalue weighted by molar-refractivity contribution is 7.92. The average molecular weight is 988 g/mol. The number of aryl methyl sites for hydroxylation is 1. The molecule has 5 aromatic carbocycles. The van der Waals surface area contributed by atoms with Crippen LogP contribution in [0.1, 0.15) is 89.4 Å². The number of carbonyl (C=O) groups excluding carboxylic acids is 1. The molecule has 6 aromatic rings. The molecule has 354 valence electrons. The Morgan fingerprint density at radius 3 is 2.16 bits per heavy atom. The van der Waals surface area contributed by atoms with Crippen LogP contribution >= 0.6 is 34.8 Å². The van der Waals surface area contributed by atoms with Crippen LogP contribution in [0.2, 0.25) is 15.1 Å². The lowest BCUT2D eigenvalue weighted by molar-refractivity contribution is -0.110. The lowest BCUT2D eigenvalue weighted by atomic mass is 10.1. The number of aromatic nitrogens is 2. The Balaban J connectivity index is 1.41. The Bertz CT molecular complexity index is 2860. The topological polar surface area (TPSA) is 155 Å². The molecule has 1 heterocycles. The van der Waals surface area contributed by atoms with Gasteiger partial charge in [0.2, 0.25) is 0 Å². The number of nitrogens with one attached hydrogen (secondary N) is 2. The molecule has 0 bridgehead atoms. The molecule has 67 heavy (non-hydrogen) atoms. The molecular formula is C51H57Cl3N6O6S. The van der Waals surface area contributed by atoms with Gasteiger partial charge in [-0.1, -0.05) is 130 Å². The first kappa shape index (κ1) is 51.0. The molecule has 0 saturated heterocycles. The summed E-state index contributed by atoms with van der Waals surface area (Å²) in [6.07, 6.45) is 11.4. The van der Waals surface area contributed by atoms with E-state index in [0.29, 0.717) is 47.5 Å². The maximum Gasteiger partial charge on any atom is 0.278 e. The van der Waals surface area contributed by atoms with Crippen LogP contribution < -0.4 is 25.2 Å². The van der Waals surface area contributed by atoms with E-state index in [1.54, 1.807) is 60.7 Å². The Morgan fingerprint density at radius 2 is 1.48 bits per heavy atom. The van der Waals surface area contributed by atoms with Gasteiger partial charge in [0.25, 0.3) is 21.5 Å². The second-order valence-electron chi connectivity index (χ2n) is 16.2. The minimum Gasteiger partial charge on any atom is -0.491 e. The maximum atomic E-state index is 15.1. The highest BCUT2D eigenvalue weighted by atomic mass is 35.5. The van der Waals surface area contributed by atoms with Gasteiger partial charge in [-0.3, -0.25) is 18.9 Å². The number of likely N-dealkylation sites (N-methyl/N-ethyl adjacent to an activating group) is 1. The Labute approximate surface area is 408 Å².